The number of rotatable bonds is 5. The fraction of sp³-hybridized carbons (Fsp3) is 0.350. The van der Waals surface area contributed by atoms with Crippen LogP contribution in [0.1, 0.15) is 26.0 Å². The van der Waals surface area contributed by atoms with Crippen LogP contribution in [0.25, 0.3) is 22.4 Å². The second-order valence-electron chi connectivity index (χ2n) is 6.70. The third kappa shape index (κ3) is 3.76. The molecule has 0 aliphatic rings. The summed E-state index contributed by atoms with van der Waals surface area (Å²) in [4.78, 5) is 24.7. The van der Waals surface area contributed by atoms with Crippen LogP contribution in [-0.4, -0.2) is 43.9 Å². The standard InChI is InChI=1S/C20H23N5O3/c1-4-11-25-17(21)15(18-22-9-10-23-18)16(26)14-6-5-13(24-19(14)25)7-8-20(2,27)12-28-3/h5-6,9-10,27H,4,11-12,21H2,1-3H3,(H,22,23). The Morgan fingerprint density at radius 3 is 2.86 bits per heavy atom. The van der Waals surface area contributed by atoms with Crippen molar-refractivity contribution >= 4 is 16.9 Å². The predicted octanol–water partition coefficient (Wildman–Crippen LogP) is 1.53. The van der Waals surface area contributed by atoms with E-state index >= 15 is 0 Å². The quantitative estimate of drug-likeness (QED) is 0.577. The van der Waals surface area contributed by atoms with E-state index in [1.54, 1.807) is 36.0 Å². The van der Waals surface area contributed by atoms with Gasteiger partial charge in [0.25, 0.3) is 0 Å². The van der Waals surface area contributed by atoms with Crippen LogP contribution in [0.15, 0.2) is 29.3 Å². The molecule has 3 rings (SSSR count). The maximum Gasteiger partial charge on any atom is 0.204 e. The van der Waals surface area contributed by atoms with E-state index in [-0.39, 0.29) is 12.0 Å². The first-order valence-corrected chi connectivity index (χ1v) is 8.95. The number of aliphatic hydroxyl groups is 1. The second-order valence-corrected chi connectivity index (χ2v) is 6.70. The molecule has 0 spiro atoms. The normalized spacial score (nSPS) is 13.1. The first-order valence-electron chi connectivity index (χ1n) is 8.95. The summed E-state index contributed by atoms with van der Waals surface area (Å²) in [6, 6.07) is 3.33. The lowest BCUT2D eigenvalue weighted by atomic mass is 10.1. The molecule has 0 radical (unpaired) electrons. The number of fused-ring (bicyclic) bond motifs is 1. The summed E-state index contributed by atoms with van der Waals surface area (Å²) >= 11 is 0. The summed E-state index contributed by atoms with van der Waals surface area (Å²) in [7, 11) is 1.49. The lowest BCUT2D eigenvalue weighted by Crippen LogP contribution is -2.27. The molecule has 1 atom stereocenters. The molecule has 0 fully saturated rings. The molecule has 0 saturated heterocycles. The topological polar surface area (TPSA) is 119 Å². The summed E-state index contributed by atoms with van der Waals surface area (Å²) < 4.78 is 6.75. The van der Waals surface area contributed by atoms with Gasteiger partial charge in [0.05, 0.1) is 12.0 Å². The number of nitrogens with two attached hydrogens (primary N) is 1. The fourth-order valence-corrected chi connectivity index (χ4v) is 3.00. The number of imidazole rings is 1. The number of aromatic nitrogens is 4. The Morgan fingerprint density at radius 2 is 2.21 bits per heavy atom. The Hall–Kier alpha value is -3.15. The van der Waals surface area contributed by atoms with Crippen molar-refractivity contribution in [2.24, 2.45) is 0 Å². The molecule has 0 saturated carbocycles. The van der Waals surface area contributed by atoms with E-state index in [2.05, 4.69) is 26.8 Å². The van der Waals surface area contributed by atoms with E-state index in [0.29, 0.717) is 40.5 Å². The van der Waals surface area contributed by atoms with Crippen LogP contribution in [0.3, 0.4) is 0 Å². The number of hydrogen-bond donors (Lipinski definition) is 3. The van der Waals surface area contributed by atoms with Crippen LogP contribution >= 0.6 is 0 Å². The van der Waals surface area contributed by atoms with Crippen LogP contribution in [0, 0.1) is 11.8 Å². The van der Waals surface area contributed by atoms with Crippen LogP contribution in [0.5, 0.6) is 0 Å². The van der Waals surface area contributed by atoms with Crippen molar-refractivity contribution in [3.05, 3.63) is 40.4 Å². The van der Waals surface area contributed by atoms with Crippen molar-refractivity contribution in [2.45, 2.75) is 32.4 Å². The Balaban J connectivity index is 2.21. The molecule has 28 heavy (non-hydrogen) atoms. The monoisotopic (exact) mass is 381 g/mol. The van der Waals surface area contributed by atoms with Gasteiger partial charge in [-0.1, -0.05) is 12.8 Å². The second kappa shape index (κ2) is 7.84. The Morgan fingerprint density at radius 1 is 1.43 bits per heavy atom. The van der Waals surface area contributed by atoms with E-state index in [4.69, 9.17) is 10.5 Å². The zero-order valence-electron chi connectivity index (χ0n) is 16.1. The third-order valence-corrected chi connectivity index (χ3v) is 4.22. The predicted molar refractivity (Wildman–Crippen MR) is 108 cm³/mol. The van der Waals surface area contributed by atoms with Crippen molar-refractivity contribution < 1.29 is 9.84 Å². The molecule has 8 nitrogen and oxygen atoms in total. The molecular formula is C20H23N5O3. The zero-order chi connectivity index (χ0) is 20.3. The molecule has 0 aromatic carbocycles. The van der Waals surface area contributed by atoms with E-state index in [1.165, 1.54) is 7.11 Å². The van der Waals surface area contributed by atoms with Crippen molar-refractivity contribution in [3.63, 3.8) is 0 Å². The highest BCUT2D eigenvalue weighted by Crippen LogP contribution is 2.24. The number of H-pyrrole nitrogens is 1. The smallest absolute Gasteiger partial charge is 0.204 e. The molecule has 0 aliphatic heterocycles. The SMILES string of the molecule is CCCn1c(N)c(-c2ncc[nH]2)c(=O)c2ccc(C#CC(C)(O)COC)nc21. The molecule has 1 unspecified atom stereocenters. The van der Waals surface area contributed by atoms with Crippen LogP contribution < -0.4 is 11.2 Å². The number of aryl methyl sites for hydroxylation is 1. The average Bonchev–Trinajstić information content (AvgIpc) is 3.18. The Kier molecular flexibility index (Phi) is 5.49. The van der Waals surface area contributed by atoms with E-state index in [1.807, 2.05) is 6.92 Å². The minimum absolute atomic E-state index is 0.0770. The Bertz CT molecular complexity index is 1100. The maximum absolute atomic E-state index is 13.0. The number of nitrogens with one attached hydrogen (secondary N) is 1. The lowest BCUT2D eigenvalue weighted by Gasteiger charge is -2.16. The van der Waals surface area contributed by atoms with Gasteiger partial charge in [-0.15, -0.1) is 0 Å². The van der Waals surface area contributed by atoms with Crippen molar-refractivity contribution in [1.29, 1.82) is 0 Å². The number of ether oxygens (including phenoxy) is 1. The average molecular weight is 381 g/mol. The minimum Gasteiger partial charge on any atom is -0.384 e. The van der Waals surface area contributed by atoms with Gasteiger partial charge in [0, 0.05) is 26.0 Å². The van der Waals surface area contributed by atoms with Gasteiger partial charge < -0.3 is 25.1 Å². The lowest BCUT2D eigenvalue weighted by molar-refractivity contribution is 0.0274. The summed E-state index contributed by atoms with van der Waals surface area (Å²) in [6.07, 6.45) is 4.02. The number of nitrogen functional groups attached to an aromatic ring is 1. The van der Waals surface area contributed by atoms with Gasteiger partial charge >= 0.3 is 0 Å². The summed E-state index contributed by atoms with van der Waals surface area (Å²) in [6.45, 7) is 4.24. The molecular weight excluding hydrogens is 358 g/mol. The highest BCUT2D eigenvalue weighted by Gasteiger charge is 2.19. The zero-order valence-corrected chi connectivity index (χ0v) is 16.1. The van der Waals surface area contributed by atoms with Crippen molar-refractivity contribution in [1.82, 2.24) is 19.5 Å². The highest BCUT2D eigenvalue weighted by atomic mass is 16.5. The molecule has 4 N–H and O–H groups in total. The first kappa shape index (κ1) is 19.6. The van der Waals surface area contributed by atoms with Crippen molar-refractivity contribution in [2.75, 3.05) is 19.5 Å². The van der Waals surface area contributed by atoms with Gasteiger partial charge in [-0.3, -0.25) is 4.79 Å². The number of aromatic amines is 1. The van der Waals surface area contributed by atoms with Crippen molar-refractivity contribution in [3.8, 4) is 23.2 Å². The number of anilines is 1. The van der Waals surface area contributed by atoms with Crippen LogP contribution in [0.4, 0.5) is 5.82 Å². The molecule has 146 valence electrons. The molecule has 3 heterocycles. The molecule has 0 aliphatic carbocycles. The number of pyridine rings is 2. The first-order chi connectivity index (χ1) is 13.4. The fourth-order valence-electron chi connectivity index (χ4n) is 3.00. The Labute approximate surface area is 162 Å². The summed E-state index contributed by atoms with van der Waals surface area (Å²) in [5.74, 6) is 6.31. The minimum atomic E-state index is -1.29. The number of methoxy groups -OCH3 is 1. The van der Waals surface area contributed by atoms with Gasteiger partial charge in [-0.25, -0.2) is 9.97 Å². The molecule has 3 aromatic rings. The molecule has 0 amide bonds. The van der Waals surface area contributed by atoms with Gasteiger partial charge in [0.15, 0.2) is 0 Å². The largest absolute Gasteiger partial charge is 0.384 e. The van der Waals surface area contributed by atoms with Gasteiger partial charge in [0.1, 0.15) is 34.1 Å². The van der Waals surface area contributed by atoms with Gasteiger partial charge in [-0.05, 0) is 31.4 Å². The summed E-state index contributed by atoms with van der Waals surface area (Å²) in [5, 5.41) is 10.6. The van der Waals surface area contributed by atoms with Gasteiger partial charge in [-0.2, -0.15) is 0 Å². The maximum atomic E-state index is 13.0. The van der Waals surface area contributed by atoms with Crippen LogP contribution in [0.2, 0.25) is 0 Å². The van der Waals surface area contributed by atoms with Crippen LogP contribution in [-0.2, 0) is 11.3 Å². The van der Waals surface area contributed by atoms with E-state index < -0.39 is 5.60 Å². The molecule has 3 aromatic heterocycles. The number of hydrogen-bond acceptors (Lipinski definition) is 6. The summed E-state index contributed by atoms with van der Waals surface area (Å²) in [5.41, 5.74) is 6.01. The number of nitrogens with zero attached hydrogens (tertiary/aromatic N) is 3. The van der Waals surface area contributed by atoms with Gasteiger partial charge in [0.2, 0.25) is 5.43 Å². The molecule has 8 heteroatoms. The highest BCUT2D eigenvalue weighted by molar-refractivity contribution is 5.86. The van der Waals surface area contributed by atoms with E-state index in [0.717, 1.165) is 6.42 Å². The van der Waals surface area contributed by atoms with E-state index in [9.17, 15) is 9.90 Å². The third-order valence-electron chi connectivity index (χ3n) is 4.22. The molecule has 0 bridgehead atoms.